The van der Waals surface area contributed by atoms with Crippen molar-refractivity contribution in [1.82, 2.24) is 0 Å². The lowest BCUT2D eigenvalue weighted by molar-refractivity contribution is 0.0369. The van der Waals surface area contributed by atoms with Gasteiger partial charge in [-0.3, -0.25) is 0 Å². The molecular weight excluding hydrogens is 315 g/mol. The zero-order valence-electron chi connectivity index (χ0n) is 8.86. The van der Waals surface area contributed by atoms with E-state index in [0.717, 1.165) is 22.8 Å². The molecule has 0 saturated heterocycles. The normalized spacial score (nSPS) is 19.4. The SMILES string of the molecule is O=C(O[C@@H]1C=CCCC1)c1ccccc1I. The Hall–Kier alpha value is -0.840. The maximum atomic E-state index is 11.9. The molecule has 0 heterocycles. The highest BCUT2D eigenvalue weighted by Crippen LogP contribution is 2.18. The van der Waals surface area contributed by atoms with Crippen molar-refractivity contribution >= 4 is 28.6 Å². The zero-order valence-corrected chi connectivity index (χ0v) is 11.0. The summed E-state index contributed by atoms with van der Waals surface area (Å²) in [5.41, 5.74) is 0.655. The predicted octanol–water partition coefficient (Wildman–Crippen LogP) is 3.56. The van der Waals surface area contributed by atoms with Gasteiger partial charge in [0.25, 0.3) is 0 Å². The van der Waals surface area contributed by atoms with Gasteiger partial charge >= 0.3 is 5.97 Å². The quantitative estimate of drug-likeness (QED) is 0.471. The molecule has 0 radical (unpaired) electrons. The van der Waals surface area contributed by atoms with Crippen molar-refractivity contribution in [2.24, 2.45) is 0 Å². The summed E-state index contributed by atoms with van der Waals surface area (Å²) < 4.78 is 6.36. The number of ether oxygens (including phenoxy) is 1. The summed E-state index contributed by atoms with van der Waals surface area (Å²) in [7, 11) is 0. The van der Waals surface area contributed by atoms with E-state index in [4.69, 9.17) is 4.74 Å². The van der Waals surface area contributed by atoms with E-state index in [-0.39, 0.29) is 12.1 Å². The summed E-state index contributed by atoms with van der Waals surface area (Å²) in [6.07, 6.45) is 7.15. The largest absolute Gasteiger partial charge is 0.455 e. The van der Waals surface area contributed by atoms with E-state index >= 15 is 0 Å². The monoisotopic (exact) mass is 328 g/mol. The number of rotatable bonds is 2. The molecule has 0 spiro atoms. The Labute approximate surface area is 109 Å². The van der Waals surface area contributed by atoms with Crippen LogP contribution in [0.3, 0.4) is 0 Å². The number of hydrogen-bond donors (Lipinski definition) is 0. The van der Waals surface area contributed by atoms with Crippen LogP contribution in [0.1, 0.15) is 29.6 Å². The molecule has 0 amide bonds. The van der Waals surface area contributed by atoms with Crippen LogP contribution in [0.5, 0.6) is 0 Å². The van der Waals surface area contributed by atoms with E-state index < -0.39 is 0 Å². The van der Waals surface area contributed by atoms with Gasteiger partial charge < -0.3 is 4.74 Å². The van der Waals surface area contributed by atoms with Crippen LogP contribution in [0.2, 0.25) is 0 Å². The van der Waals surface area contributed by atoms with Gasteiger partial charge in [-0.2, -0.15) is 0 Å². The van der Waals surface area contributed by atoms with E-state index in [1.807, 2.05) is 24.3 Å². The minimum absolute atomic E-state index is 0.0442. The molecule has 0 bridgehead atoms. The van der Waals surface area contributed by atoms with Crippen molar-refractivity contribution < 1.29 is 9.53 Å². The van der Waals surface area contributed by atoms with Crippen molar-refractivity contribution in [3.8, 4) is 0 Å². The molecule has 1 atom stereocenters. The van der Waals surface area contributed by atoms with Crippen LogP contribution in [0.4, 0.5) is 0 Å². The summed E-state index contributed by atoms with van der Waals surface area (Å²) in [5, 5.41) is 0. The van der Waals surface area contributed by atoms with E-state index in [9.17, 15) is 4.79 Å². The second kappa shape index (κ2) is 5.48. The molecule has 0 aromatic heterocycles. The summed E-state index contributed by atoms with van der Waals surface area (Å²) in [4.78, 5) is 11.9. The van der Waals surface area contributed by atoms with E-state index in [2.05, 4.69) is 28.7 Å². The topological polar surface area (TPSA) is 26.3 Å². The summed E-state index contributed by atoms with van der Waals surface area (Å²) in [5.74, 6) is -0.221. The molecule has 3 heteroatoms. The molecule has 0 aliphatic heterocycles. The van der Waals surface area contributed by atoms with Gasteiger partial charge in [0.05, 0.1) is 5.56 Å². The highest BCUT2D eigenvalue weighted by Gasteiger charge is 2.16. The van der Waals surface area contributed by atoms with Gasteiger partial charge in [0.1, 0.15) is 6.10 Å². The molecule has 2 rings (SSSR count). The van der Waals surface area contributed by atoms with Crippen LogP contribution in [-0.2, 0) is 4.74 Å². The second-order valence-electron chi connectivity index (χ2n) is 3.78. The Balaban J connectivity index is 2.05. The maximum Gasteiger partial charge on any atom is 0.339 e. The predicted molar refractivity (Wildman–Crippen MR) is 71.4 cm³/mol. The first-order valence-corrected chi connectivity index (χ1v) is 6.47. The minimum atomic E-state index is -0.221. The number of allylic oxidation sites excluding steroid dienone is 1. The first kappa shape index (κ1) is 11.6. The van der Waals surface area contributed by atoms with Gasteiger partial charge in [0.2, 0.25) is 0 Å². The number of benzene rings is 1. The molecule has 1 aliphatic carbocycles. The van der Waals surface area contributed by atoms with Crippen molar-refractivity contribution in [2.75, 3.05) is 0 Å². The summed E-state index contributed by atoms with van der Waals surface area (Å²) in [6, 6.07) is 7.49. The molecule has 0 N–H and O–H groups in total. The molecule has 2 nitrogen and oxygen atoms in total. The lowest BCUT2D eigenvalue weighted by Gasteiger charge is -2.17. The van der Waals surface area contributed by atoms with Crippen molar-refractivity contribution in [1.29, 1.82) is 0 Å². The van der Waals surface area contributed by atoms with Crippen LogP contribution >= 0.6 is 22.6 Å². The average Bonchev–Trinajstić information content (AvgIpc) is 2.31. The third-order valence-corrected chi connectivity index (χ3v) is 3.50. The van der Waals surface area contributed by atoms with E-state index in [1.165, 1.54) is 0 Å². The molecule has 0 unspecified atom stereocenters. The fourth-order valence-corrected chi connectivity index (χ4v) is 2.31. The number of halogens is 1. The fourth-order valence-electron chi connectivity index (χ4n) is 1.71. The van der Waals surface area contributed by atoms with Crippen LogP contribution in [0.15, 0.2) is 36.4 Å². The lowest BCUT2D eigenvalue weighted by atomic mass is 10.1. The zero-order chi connectivity index (χ0) is 11.4. The van der Waals surface area contributed by atoms with Crippen LogP contribution in [-0.4, -0.2) is 12.1 Å². The van der Waals surface area contributed by atoms with Gasteiger partial charge in [-0.15, -0.1) is 0 Å². The number of hydrogen-bond acceptors (Lipinski definition) is 2. The Kier molecular flexibility index (Phi) is 3.98. The first-order chi connectivity index (χ1) is 7.77. The van der Waals surface area contributed by atoms with Crippen molar-refractivity contribution in [3.63, 3.8) is 0 Å². The van der Waals surface area contributed by atoms with Crippen LogP contribution < -0.4 is 0 Å². The Morgan fingerprint density at radius 2 is 2.19 bits per heavy atom. The van der Waals surface area contributed by atoms with Gasteiger partial charge in [-0.25, -0.2) is 4.79 Å². The van der Waals surface area contributed by atoms with Crippen molar-refractivity contribution in [3.05, 3.63) is 45.6 Å². The fraction of sp³-hybridized carbons (Fsp3) is 0.308. The first-order valence-electron chi connectivity index (χ1n) is 5.39. The lowest BCUT2D eigenvalue weighted by Crippen LogP contribution is -2.18. The standard InChI is InChI=1S/C13H13IO2/c14-12-9-5-4-8-11(12)13(15)16-10-6-2-1-3-7-10/h2,4-6,8-10H,1,3,7H2/t10-/m1/s1. The maximum absolute atomic E-state index is 11.9. The molecule has 0 fully saturated rings. The Morgan fingerprint density at radius 1 is 1.38 bits per heavy atom. The van der Waals surface area contributed by atoms with Gasteiger partial charge in [-0.1, -0.05) is 18.2 Å². The Morgan fingerprint density at radius 3 is 2.88 bits per heavy atom. The molecule has 84 valence electrons. The van der Waals surface area contributed by atoms with Gasteiger partial charge in [-0.05, 0) is 60.1 Å². The molecule has 1 aromatic rings. The number of carbonyl (C=O) groups excluding carboxylic acids is 1. The average molecular weight is 328 g/mol. The van der Waals surface area contributed by atoms with Crippen LogP contribution in [0, 0.1) is 3.57 Å². The third kappa shape index (κ3) is 2.84. The van der Waals surface area contributed by atoms with Gasteiger partial charge in [0, 0.05) is 3.57 Å². The third-order valence-electron chi connectivity index (χ3n) is 2.56. The Bertz CT molecular complexity index is 412. The van der Waals surface area contributed by atoms with Crippen LogP contribution in [0.25, 0.3) is 0 Å². The highest BCUT2D eigenvalue weighted by molar-refractivity contribution is 14.1. The van der Waals surface area contributed by atoms with E-state index in [0.29, 0.717) is 5.56 Å². The summed E-state index contributed by atoms with van der Waals surface area (Å²) in [6.45, 7) is 0. The van der Waals surface area contributed by atoms with E-state index in [1.54, 1.807) is 6.07 Å². The molecule has 1 aliphatic rings. The molecular formula is C13H13IO2. The molecule has 0 saturated carbocycles. The highest BCUT2D eigenvalue weighted by atomic mass is 127. The summed E-state index contributed by atoms with van der Waals surface area (Å²) >= 11 is 2.15. The number of carbonyl (C=O) groups is 1. The van der Waals surface area contributed by atoms with Crippen molar-refractivity contribution in [2.45, 2.75) is 25.4 Å². The minimum Gasteiger partial charge on any atom is -0.455 e. The smallest absolute Gasteiger partial charge is 0.339 e. The number of esters is 1. The van der Waals surface area contributed by atoms with Gasteiger partial charge in [0.15, 0.2) is 0 Å². The second-order valence-corrected chi connectivity index (χ2v) is 4.94. The molecule has 1 aromatic carbocycles. The molecule has 16 heavy (non-hydrogen) atoms.